The molecular formula is C18H27NO. The quantitative estimate of drug-likeness (QED) is 0.907. The molecule has 2 heteroatoms. The molecule has 3 rings (SSSR count). The van der Waals surface area contributed by atoms with Gasteiger partial charge in [0.05, 0.1) is 6.10 Å². The van der Waals surface area contributed by atoms with Crippen molar-refractivity contribution in [3.05, 3.63) is 35.4 Å². The van der Waals surface area contributed by atoms with Gasteiger partial charge in [-0.1, -0.05) is 38.1 Å². The molecule has 1 saturated carbocycles. The van der Waals surface area contributed by atoms with Gasteiger partial charge in [0.15, 0.2) is 0 Å². The molecule has 0 radical (unpaired) electrons. The second kappa shape index (κ2) is 5.87. The first-order chi connectivity index (χ1) is 9.63. The summed E-state index contributed by atoms with van der Waals surface area (Å²) in [6.45, 7) is 6.58. The molecule has 110 valence electrons. The Bertz CT molecular complexity index is 435. The normalized spacial score (nSPS) is 28.0. The molecule has 0 amide bonds. The van der Waals surface area contributed by atoms with Crippen LogP contribution in [-0.2, 0) is 6.54 Å². The van der Waals surface area contributed by atoms with Crippen LogP contribution >= 0.6 is 0 Å². The average Bonchev–Trinajstić information content (AvgIpc) is 3.26. The highest BCUT2D eigenvalue weighted by molar-refractivity contribution is 5.24. The van der Waals surface area contributed by atoms with Crippen molar-refractivity contribution in [1.82, 2.24) is 4.90 Å². The summed E-state index contributed by atoms with van der Waals surface area (Å²) >= 11 is 0. The van der Waals surface area contributed by atoms with Gasteiger partial charge in [-0.3, -0.25) is 4.90 Å². The fourth-order valence-electron chi connectivity index (χ4n) is 3.44. The van der Waals surface area contributed by atoms with Crippen LogP contribution in [0.25, 0.3) is 0 Å². The van der Waals surface area contributed by atoms with Crippen molar-refractivity contribution < 1.29 is 5.11 Å². The van der Waals surface area contributed by atoms with E-state index in [9.17, 15) is 5.11 Å². The Hall–Kier alpha value is -0.860. The molecule has 1 N–H and O–H groups in total. The van der Waals surface area contributed by atoms with Crippen LogP contribution in [0.3, 0.4) is 0 Å². The lowest BCUT2D eigenvalue weighted by Crippen LogP contribution is -2.44. The van der Waals surface area contributed by atoms with Crippen LogP contribution in [0.2, 0.25) is 0 Å². The van der Waals surface area contributed by atoms with Crippen molar-refractivity contribution in [2.45, 2.75) is 64.1 Å². The molecule has 20 heavy (non-hydrogen) atoms. The van der Waals surface area contributed by atoms with Crippen LogP contribution in [0.4, 0.5) is 0 Å². The van der Waals surface area contributed by atoms with E-state index in [-0.39, 0.29) is 6.10 Å². The topological polar surface area (TPSA) is 23.5 Å². The van der Waals surface area contributed by atoms with Crippen LogP contribution in [0.15, 0.2) is 24.3 Å². The second-order valence-electron chi connectivity index (χ2n) is 6.95. The minimum Gasteiger partial charge on any atom is -0.393 e. The Labute approximate surface area is 122 Å². The smallest absolute Gasteiger partial charge is 0.0567 e. The van der Waals surface area contributed by atoms with Gasteiger partial charge in [-0.05, 0) is 48.6 Å². The average molecular weight is 273 g/mol. The molecule has 0 bridgehead atoms. The van der Waals surface area contributed by atoms with Crippen LogP contribution in [-0.4, -0.2) is 28.7 Å². The molecule has 2 nitrogen and oxygen atoms in total. The molecule has 0 unspecified atom stereocenters. The maximum Gasteiger partial charge on any atom is 0.0567 e. The van der Waals surface area contributed by atoms with Crippen molar-refractivity contribution >= 4 is 0 Å². The van der Waals surface area contributed by atoms with Gasteiger partial charge < -0.3 is 5.11 Å². The number of nitrogens with zero attached hydrogens (tertiary/aromatic N) is 1. The summed E-state index contributed by atoms with van der Waals surface area (Å²) < 4.78 is 0. The third-order valence-corrected chi connectivity index (χ3v) is 4.93. The van der Waals surface area contributed by atoms with Gasteiger partial charge in [-0.25, -0.2) is 0 Å². The van der Waals surface area contributed by atoms with Gasteiger partial charge in [-0.15, -0.1) is 0 Å². The Kier molecular flexibility index (Phi) is 4.13. The minimum absolute atomic E-state index is 0.0693. The molecule has 0 aromatic heterocycles. The van der Waals surface area contributed by atoms with Crippen LogP contribution in [0.5, 0.6) is 0 Å². The molecule has 0 spiro atoms. The Morgan fingerprint density at radius 2 is 1.85 bits per heavy atom. The molecule has 1 aliphatic carbocycles. The predicted octanol–water partition coefficient (Wildman–Crippen LogP) is 3.55. The number of hydrogen-bond acceptors (Lipinski definition) is 2. The molecule has 1 heterocycles. The Morgan fingerprint density at radius 3 is 2.45 bits per heavy atom. The summed E-state index contributed by atoms with van der Waals surface area (Å²) in [4.78, 5) is 2.61. The van der Waals surface area contributed by atoms with E-state index in [0.29, 0.717) is 12.0 Å². The number of aliphatic hydroxyl groups excluding tert-OH is 1. The first-order valence-corrected chi connectivity index (χ1v) is 8.14. The van der Waals surface area contributed by atoms with E-state index >= 15 is 0 Å². The van der Waals surface area contributed by atoms with Crippen LogP contribution in [0, 0.1) is 5.92 Å². The van der Waals surface area contributed by atoms with Gasteiger partial charge in [0.2, 0.25) is 0 Å². The fraction of sp³-hybridized carbons (Fsp3) is 0.667. The third kappa shape index (κ3) is 3.24. The number of hydrogen-bond donors (Lipinski definition) is 1. The van der Waals surface area contributed by atoms with E-state index in [2.05, 4.69) is 43.0 Å². The van der Waals surface area contributed by atoms with Crippen molar-refractivity contribution in [2.24, 2.45) is 5.92 Å². The maximum absolute atomic E-state index is 9.91. The maximum atomic E-state index is 9.91. The molecule has 1 aliphatic heterocycles. The Balaban J connectivity index is 1.66. The van der Waals surface area contributed by atoms with Crippen molar-refractivity contribution in [1.29, 1.82) is 0 Å². The van der Waals surface area contributed by atoms with E-state index in [0.717, 1.165) is 31.8 Å². The summed E-state index contributed by atoms with van der Waals surface area (Å²) in [5.74, 6) is 1.45. The molecule has 1 aromatic rings. The molecule has 1 aromatic carbocycles. The van der Waals surface area contributed by atoms with Gasteiger partial charge in [0.25, 0.3) is 0 Å². The van der Waals surface area contributed by atoms with Crippen molar-refractivity contribution in [3.8, 4) is 0 Å². The summed E-state index contributed by atoms with van der Waals surface area (Å²) in [7, 11) is 0. The standard InChI is InChI=1S/C18H27NO/c1-13(2)15-5-3-14(4-6-15)12-19-10-9-17(20)11-18(19)16-7-8-16/h3-6,13,16-18,20H,7-12H2,1-2H3/t17-,18+/m0/s1. The highest BCUT2D eigenvalue weighted by atomic mass is 16.3. The lowest BCUT2D eigenvalue weighted by Gasteiger charge is -2.38. The number of aliphatic hydroxyl groups is 1. The van der Waals surface area contributed by atoms with Gasteiger partial charge in [0, 0.05) is 19.1 Å². The largest absolute Gasteiger partial charge is 0.393 e. The van der Waals surface area contributed by atoms with Crippen molar-refractivity contribution in [2.75, 3.05) is 6.54 Å². The number of piperidine rings is 1. The van der Waals surface area contributed by atoms with Gasteiger partial charge in [0.1, 0.15) is 0 Å². The summed E-state index contributed by atoms with van der Waals surface area (Å²) in [6.07, 6.45) is 4.57. The van der Waals surface area contributed by atoms with Crippen LogP contribution < -0.4 is 0 Å². The van der Waals surface area contributed by atoms with E-state index in [1.54, 1.807) is 0 Å². The molecule has 2 fully saturated rings. The summed E-state index contributed by atoms with van der Waals surface area (Å²) in [5, 5.41) is 9.91. The van der Waals surface area contributed by atoms with E-state index in [1.165, 1.54) is 24.0 Å². The predicted molar refractivity (Wildman–Crippen MR) is 82.7 cm³/mol. The molecule has 2 aliphatic rings. The zero-order valence-corrected chi connectivity index (χ0v) is 12.8. The Morgan fingerprint density at radius 1 is 1.15 bits per heavy atom. The number of likely N-dealkylation sites (tertiary alicyclic amines) is 1. The molecule has 1 saturated heterocycles. The SMILES string of the molecule is CC(C)c1ccc(CN2CC[C@H](O)C[C@@H]2C2CC2)cc1. The second-order valence-corrected chi connectivity index (χ2v) is 6.95. The third-order valence-electron chi connectivity index (χ3n) is 4.93. The van der Waals surface area contributed by atoms with Gasteiger partial charge >= 0.3 is 0 Å². The van der Waals surface area contributed by atoms with E-state index in [4.69, 9.17) is 0 Å². The first kappa shape index (κ1) is 14.1. The summed E-state index contributed by atoms with van der Waals surface area (Å²) in [5.41, 5.74) is 2.83. The zero-order valence-electron chi connectivity index (χ0n) is 12.8. The fourth-order valence-corrected chi connectivity index (χ4v) is 3.44. The highest BCUT2D eigenvalue weighted by Gasteiger charge is 2.38. The van der Waals surface area contributed by atoms with E-state index in [1.807, 2.05) is 0 Å². The number of benzene rings is 1. The monoisotopic (exact) mass is 273 g/mol. The highest BCUT2D eigenvalue weighted by Crippen LogP contribution is 2.40. The lowest BCUT2D eigenvalue weighted by molar-refractivity contribution is 0.0283. The van der Waals surface area contributed by atoms with E-state index < -0.39 is 0 Å². The first-order valence-electron chi connectivity index (χ1n) is 8.14. The number of rotatable bonds is 4. The lowest BCUT2D eigenvalue weighted by atomic mass is 9.94. The minimum atomic E-state index is -0.0693. The van der Waals surface area contributed by atoms with Crippen molar-refractivity contribution in [3.63, 3.8) is 0 Å². The molecular weight excluding hydrogens is 246 g/mol. The van der Waals surface area contributed by atoms with Gasteiger partial charge in [-0.2, -0.15) is 0 Å². The molecule has 2 atom stereocenters. The zero-order chi connectivity index (χ0) is 14.1. The summed E-state index contributed by atoms with van der Waals surface area (Å²) in [6, 6.07) is 9.72. The van der Waals surface area contributed by atoms with Crippen LogP contribution in [0.1, 0.15) is 56.6 Å².